The molecule has 432 valence electrons. The summed E-state index contributed by atoms with van der Waals surface area (Å²) in [5, 5.41) is 2.93. The van der Waals surface area contributed by atoms with Gasteiger partial charge in [0.1, 0.15) is 20.2 Å². The smallest absolute Gasteiger partial charge is 0.744 e. The van der Waals surface area contributed by atoms with Crippen molar-refractivity contribution < 1.29 is 25.9 Å². The van der Waals surface area contributed by atoms with Crippen molar-refractivity contribution in [1.82, 2.24) is 0 Å². The van der Waals surface area contributed by atoms with E-state index in [-0.39, 0.29) is 58.7 Å². The van der Waals surface area contributed by atoms with Crippen molar-refractivity contribution in [2.75, 3.05) is 0 Å². The molecule has 77 heavy (non-hydrogen) atoms. The van der Waals surface area contributed by atoms with Crippen molar-refractivity contribution in [2.45, 2.75) is 320 Å². The van der Waals surface area contributed by atoms with Crippen molar-refractivity contribution >= 4 is 90.7 Å². The monoisotopic (exact) mass is 1220 g/mol. The summed E-state index contributed by atoms with van der Waals surface area (Å²) in [5.74, 6) is 0. The molecule has 4 aromatic rings. The number of fused-ring (bicyclic) bond motifs is 2. The number of benzene rings is 4. The van der Waals surface area contributed by atoms with Gasteiger partial charge in [0.05, 0.1) is 9.79 Å². The molecule has 9 heteroatoms. The molecule has 0 N–H and O–H groups in total. The second-order valence-corrected chi connectivity index (χ2v) is 25.6. The van der Waals surface area contributed by atoms with Crippen LogP contribution in [0.15, 0.2) is 70.5 Å². The molecule has 0 atom stereocenters. The predicted molar refractivity (Wildman–Crippen MR) is 332 cm³/mol. The minimum atomic E-state index is -4.52. The van der Waals surface area contributed by atoms with Crippen LogP contribution in [0.2, 0.25) is 0 Å². The molecule has 4 rings (SSSR count). The van der Waals surface area contributed by atoms with E-state index in [0.29, 0.717) is 10.8 Å². The van der Waals surface area contributed by atoms with E-state index in [2.05, 4.69) is 52.0 Å². The van der Waals surface area contributed by atoms with Crippen molar-refractivity contribution in [2.24, 2.45) is 0 Å². The van der Waals surface area contributed by atoms with Crippen LogP contribution in [-0.4, -0.2) is 74.8 Å². The molecule has 0 heterocycles. The molecule has 4 aromatic carbocycles. The first kappa shape index (κ1) is 71.9. The van der Waals surface area contributed by atoms with Crippen LogP contribution in [0.25, 0.3) is 21.5 Å². The van der Waals surface area contributed by atoms with Crippen LogP contribution in [-0.2, 0) is 45.9 Å². The minimum absolute atomic E-state index is 0. The first-order chi connectivity index (χ1) is 36.9. The van der Waals surface area contributed by atoms with Gasteiger partial charge in [-0.25, -0.2) is 16.8 Å². The molecule has 0 aromatic heterocycles. The molecular formula is C68H110BaO6S2. The normalized spacial score (nSPS) is 11.8. The second kappa shape index (κ2) is 45.3. The van der Waals surface area contributed by atoms with Crippen LogP contribution in [0.3, 0.4) is 0 Å². The summed E-state index contributed by atoms with van der Waals surface area (Å²) < 4.78 is 72.8. The quantitative estimate of drug-likeness (QED) is 0.0247. The Bertz CT molecular complexity index is 2160. The second-order valence-electron chi connectivity index (χ2n) is 22.9. The molecule has 0 aliphatic carbocycles. The van der Waals surface area contributed by atoms with E-state index in [4.69, 9.17) is 0 Å². The Hall–Kier alpha value is -1.21. The van der Waals surface area contributed by atoms with Crippen molar-refractivity contribution in [1.29, 1.82) is 0 Å². The van der Waals surface area contributed by atoms with Crippen molar-refractivity contribution in [3.05, 3.63) is 82.9 Å². The topological polar surface area (TPSA) is 114 Å². The van der Waals surface area contributed by atoms with E-state index in [9.17, 15) is 25.9 Å². The maximum Gasteiger partial charge on any atom is 2.00 e. The standard InChI is InChI=1S/2C34H56O3S.Ba/c2*1-3-5-7-9-11-13-15-17-19-21-23-30-25-26-32-27-31(29-34(33(32)28-30)38(35,36)37)24-22-20-18-16-14-12-10-8-6-4-2;/h2*25-29H,3-24H2,1-2H3,(H,35,36,37);/q;;+2/p-2. The van der Waals surface area contributed by atoms with Gasteiger partial charge in [0.25, 0.3) is 0 Å². The van der Waals surface area contributed by atoms with Gasteiger partial charge in [-0.15, -0.1) is 0 Å². The fourth-order valence-corrected chi connectivity index (χ4v) is 12.6. The third-order valence-corrected chi connectivity index (χ3v) is 17.6. The molecular weight excluding hydrogens is 1110 g/mol. The van der Waals surface area contributed by atoms with Gasteiger partial charge in [0.2, 0.25) is 0 Å². The fourth-order valence-electron chi connectivity index (χ4n) is 11.1. The van der Waals surface area contributed by atoms with Crippen LogP contribution in [0.5, 0.6) is 0 Å². The molecule has 0 saturated carbocycles. The molecule has 0 bridgehead atoms. The Morgan fingerprint density at radius 3 is 0.701 bits per heavy atom. The molecule has 0 aliphatic rings. The Balaban J connectivity index is 0.000000520. The van der Waals surface area contributed by atoms with E-state index < -0.39 is 20.2 Å². The van der Waals surface area contributed by atoms with Crippen molar-refractivity contribution in [3.63, 3.8) is 0 Å². The van der Waals surface area contributed by atoms with Crippen molar-refractivity contribution in [3.8, 4) is 0 Å². The van der Waals surface area contributed by atoms with Crippen LogP contribution in [0.4, 0.5) is 0 Å². The van der Waals surface area contributed by atoms with Crippen LogP contribution in [0.1, 0.15) is 307 Å². The molecule has 6 nitrogen and oxygen atoms in total. The van der Waals surface area contributed by atoms with E-state index in [1.54, 1.807) is 12.1 Å². The summed E-state index contributed by atoms with van der Waals surface area (Å²) >= 11 is 0. The summed E-state index contributed by atoms with van der Waals surface area (Å²) in [6.45, 7) is 9.02. The van der Waals surface area contributed by atoms with Crippen LogP contribution >= 0.6 is 0 Å². The summed E-state index contributed by atoms with van der Waals surface area (Å²) in [5.41, 5.74) is 4.19. The number of aryl methyl sites for hydroxylation is 4. The van der Waals surface area contributed by atoms with Gasteiger partial charge in [-0.05, 0) is 119 Å². The van der Waals surface area contributed by atoms with Gasteiger partial charge < -0.3 is 9.11 Å². The van der Waals surface area contributed by atoms with E-state index in [0.717, 1.165) is 97.2 Å². The molecule has 0 radical (unpaired) electrons. The Morgan fingerprint density at radius 2 is 0.481 bits per heavy atom. The first-order valence-electron chi connectivity index (χ1n) is 31.9. The maximum absolute atomic E-state index is 12.1. The number of hydrogen-bond donors (Lipinski definition) is 0. The molecule has 0 spiro atoms. The maximum atomic E-state index is 12.1. The number of hydrogen-bond acceptors (Lipinski definition) is 6. The van der Waals surface area contributed by atoms with E-state index in [1.165, 1.54) is 218 Å². The van der Waals surface area contributed by atoms with Crippen LogP contribution in [0, 0.1) is 0 Å². The number of rotatable bonds is 46. The summed E-state index contributed by atoms with van der Waals surface area (Å²) in [6, 6.07) is 19.6. The molecule has 0 aliphatic heterocycles. The van der Waals surface area contributed by atoms with Gasteiger partial charge in [-0.2, -0.15) is 0 Å². The van der Waals surface area contributed by atoms with Gasteiger partial charge in [-0.1, -0.05) is 295 Å². The van der Waals surface area contributed by atoms with Crippen LogP contribution < -0.4 is 0 Å². The Kier molecular flexibility index (Phi) is 42.3. The van der Waals surface area contributed by atoms with Gasteiger partial charge in [0, 0.05) is 0 Å². The summed E-state index contributed by atoms with van der Waals surface area (Å²) in [7, 11) is -9.03. The first-order valence-corrected chi connectivity index (χ1v) is 34.8. The van der Waals surface area contributed by atoms with Gasteiger partial charge in [0.15, 0.2) is 0 Å². The zero-order valence-electron chi connectivity index (χ0n) is 49.9. The van der Waals surface area contributed by atoms with Gasteiger partial charge in [-0.3, -0.25) is 0 Å². The molecule has 0 fully saturated rings. The largest absolute Gasteiger partial charge is 2.00 e. The third kappa shape index (κ3) is 33.5. The number of unbranched alkanes of at least 4 members (excludes halogenated alkanes) is 36. The van der Waals surface area contributed by atoms with E-state index >= 15 is 0 Å². The van der Waals surface area contributed by atoms with E-state index in [1.807, 2.05) is 24.3 Å². The predicted octanol–water partition coefficient (Wildman–Crippen LogP) is 21.0. The molecule has 0 unspecified atom stereocenters. The Labute approximate surface area is 514 Å². The average molecular weight is 1230 g/mol. The SMILES string of the molecule is CCCCCCCCCCCCc1cc(S(=O)(=O)[O-])c2cc(CCCCCCCCCCCC)ccc2c1.CCCCCCCCCCCCc1cc(S(=O)(=O)[O-])c2cc(CCCCCCCCCCCC)ccc2c1.[Ba+2]. The average Bonchev–Trinajstić information content (AvgIpc) is 3.40. The Morgan fingerprint density at radius 1 is 0.273 bits per heavy atom. The summed E-state index contributed by atoms with van der Waals surface area (Å²) in [6.07, 6.45) is 55.0. The fraction of sp³-hybridized carbons (Fsp3) is 0.706. The third-order valence-electron chi connectivity index (χ3n) is 15.9. The molecule has 0 amide bonds. The molecule has 0 saturated heterocycles. The zero-order valence-corrected chi connectivity index (χ0v) is 55.9. The summed E-state index contributed by atoms with van der Waals surface area (Å²) in [4.78, 5) is -0.0796. The zero-order chi connectivity index (χ0) is 55.0. The minimum Gasteiger partial charge on any atom is -0.744 e. The van der Waals surface area contributed by atoms with Gasteiger partial charge >= 0.3 is 48.9 Å².